The molecule has 4 rings (SSSR count). The number of rotatable bonds is 11. The molecule has 0 unspecified atom stereocenters. The minimum absolute atomic E-state index is 0. The van der Waals surface area contributed by atoms with Crippen molar-refractivity contribution in [1.82, 2.24) is 0 Å². The average Bonchev–Trinajstić information content (AvgIpc) is 2.96. The van der Waals surface area contributed by atoms with Gasteiger partial charge in [-0.3, -0.25) is 0 Å². The van der Waals surface area contributed by atoms with E-state index in [-0.39, 0.29) is 12.4 Å². The van der Waals surface area contributed by atoms with Gasteiger partial charge in [-0.05, 0) is 88.4 Å². The summed E-state index contributed by atoms with van der Waals surface area (Å²) in [5.41, 5.74) is 2.80. The zero-order valence-electron chi connectivity index (χ0n) is 23.8. The van der Waals surface area contributed by atoms with Crippen LogP contribution in [0, 0.1) is 0 Å². The number of hydrogen-bond donors (Lipinski definition) is 0. The molecule has 0 aliphatic heterocycles. The fraction of sp³-hybridized carbons (Fsp3) is 0.222. The summed E-state index contributed by atoms with van der Waals surface area (Å²) in [5, 5.41) is 6.07. The zero-order valence-corrected chi connectivity index (χ0v) is 26.3. The molecule has 4 aromatic rings. The summed E-state index contributed by atoms with van der Waals surface area (Å²) in [7, 11) is -3.42. The molecule has 0 nitrogen and oxygen atoms in total. The Morgan fingerprint density at radius 3 is 0.872 bits per heavy atom. The van der Waals surface area contributed by atoms with Crippen molar-refractivity contribution in [2.24, 2.45) is 0 Å². The van der Waals surface area contributed by atoms with Gasteiger partial charge in [0.15, 0.2) is 0 Å². The molecular weight excluding hydrogens is 530 g/mol. The van der Waals surface area contributed by atoms with E-state index in [0.717, 1.165) is 12.3 Å². The van der Waals surface area contributed by atoms with Crippen LogP contribution in [0.3, 0.4) is 0 Å². The standard InChI is InChI=1S/C36H42P2.ClH/c1-31(2)25-27-37(33-17-9-5-10-18-33,34-19-11-6-12-20-34)29-30-38(28-26-32(3)4,35-21-13-7-14-22-35)36-23-15-8-16-24-36;/h5-26H,27-30H2,1-4H3;1H/q+2;/p-1. The first-order valence-corrected chi connectivity index (χ1v) is 18.0. The molecule has 39 heavy (non-hydrogen) atoms. The van der Waals surface area contributed by atoms with Crippen molar-refractivity contribution in [2.45, 2.75) is 27.7 Å². The summed E-state index contributed by atoms with van der Waals surface area (Å²) in [6.07, 6.45) is 9.59. The number of hydrogen-bond acceptors (Lipinski definition) is 0. The molecule has 0 aliphatic rings. The Bertz CT molecular complexity index is 1140. The highest BCUT2D eigenvalue weighted by molar-refractivity contribution is 7.93. The van der Waals surface area contributed by atoms with Crippen LogP contribution in [0.15, 0.2) is 145 Å². The molecule has 0 amide bonds. The van der Waals surface area contributed by atoms with Crippen molar-refractivity contribution in [1.29, 1.82) is 0 Å². The Kier molecular flexibility index (Phi) is 11.8. The van der Waals surface area contributed by atoms with Crippen LogP contribution in [0.2, 0.25) is 0 Å². The summed E-state index contributed by atoms with van der Waals surface area (Å²) in [4.78, 5) is 0. The first-order chi connectivity index (χ1) is 18.5. The minimum Gasteiger partial charge on any atom is -1.00 e. The second kappa shape index (κ2) is 14.8. The van der Waals surface area contributed by atoms with Gasteiger partial charge in [0.1, 0.15) is 12.3 Å². The van der Waals surface area contributed by atoms with Gasteiger partial charge in [0, 0.05) is 0 Å². The van der Waals surface area contributed by atoms with Crippen LogP contribution in [0.25, 0.3) is 0 Å². The van der Waals surface area contributed by atoms with Gasteiger partial charge in [0.2, 0.25) is 0 Å². The topological polar surface area (TPSA) is 0 Å². The smallest absolute Gasteiger partial charge is 0.103 e. The van der Waals surface area contributed by atoms with Crippen LogP contribution >= 0.6 is 14.5 Å². The maximum Gasteiger partial charge on any atom is 0.103 e. The molecule has 0 bridgehead atoms. The van der Waals surface area contributed by atoms with Gasteiger partial charge in [0.05, 0.1) is 48.1 Å². The summed E-state index contributed by atoms with van der Waals surface area (Å²) < 4.78 is 0. The third-order valence-electron chi connectivity index (χ3n) is 7.49. The van der Waals surface area contributed by atoms with Gasteiger partial charge in [-0.1, -0.05) is 83.9 Å². The maximum absolute atomic E-state index is 2.50. The second-order valence-corrected chi connectivity index (χ2v) is 18.2. The van der Waals surface area contributed by atoms with Crippen LogP contribution in [-0.4, -0.2) is 24.6 Å². The lowest BCUT2D eigenvalue weighted by Gasteiger charge is -2.32. The lowest BCUT2D eigenvalue weighted by molar-refractivity contribution is -0.00000779. The second-order valence-electron chi connectivity index (χ2n) is 10.7. The monoisotopic (exact) mass is 571 g/mol. The van der Waals surface area contributed by atoms with Gasteiger partial charge >= 0.3 is 0 Å². The molecule has 0 atom stereocenters. The SMILES string of the molecule is CC(C)=CC[P+](CC[P+](CC=C(C)C)(c1ccccc1)c1ccccc1)(c1ccccc1)c1ccccc1.[Cl-]. The highest BCUT2D eigenvalue weighted by Crippen LogP contribution is 2.64. The van der Waals surface area contributed by atoms with Gasteiger partial charge in [-0.25, -0.2) is 0 Å². The van der Waals surface area contributed by atoms with E-state index in [1.54, 1.807) is 0 Å². The molecule has 3 heteroatoms. The van der Waals surface area contributed by atoms with Crippen LogP contribution in [-0.2, 0) is 0 Å². The lowest BCUT2D eigenvalue weighted by Crippen LogP contribution is -3.00. The minimum atomic E-state index is -1.71. The van der Waals surface area contributed by atoms with E-state index in [0.29, 0.717) is 0 Å². The quantitative estimate of drug-likeness (QED) is 0.170. The third kappa shape index (κ3) is 7.58. The molecule has 0 aromatic heterocycles. The number of halogens is 1. The molecule has 0 N–H and O–H groups in total. The predicted molar refractivity (Wildman–Crippen MR) is 176 cm³/mol. The van der Waals surface area contributed by atoms with E-state index in [4.69, 9.17) is 0 Å². The average molecular weight is 572 g/mol. The van der Waals surface area contributed by atoms with Gasteiger partial charge in [0.25, 0.3) is 0 Å². The fourth-order valence-electron chi connectivity index (χ4n) is 5.29. The van der Waals surface area contributed by atoms with Crippen LogP contribution in [0.1, 0.15) is 27.7 Å². The van der Waals surface area contributed by atoms with Gasteiger partial charge < -0.3 is 12.4 Å². The fourth-order valence-corrected chi connectivity index (χ4v) is 15.2. The molecule has 0 fully saturated rings. The Morgan fingerprint density at radius 1 is 0.436 bits per heavy atom. The van der Waals surface area contributed by atoms with Gasteiger partial charge in [-0.2, -0.15) is 0 Å². The van der Waals surface area contributed by atoms with Crippen molar-refractivity contribution in [3.8, 4) is 0 Å². The molecule has 0 spiro atoms. The van der Waals surface area contributed by atoms with E-state index in [1.807, 2.05) is 0 Å². The molecule has 202 valence electrons. The van der Waals surface area contributed by atoms with E-state index >= 15 is 0 Å². The summed E-state index contributed by atoms with van der Waals surface area (Å²) in [6.45, 7) is 8.96. The molecule has 0 aliphatic carbocycles. The molecular formula is C36H42ClP2+. The van der Waals surface area contributed by atoms with Crippen molar-refractivity contribution >= 4 is 35.7 Å². The van der Waals surface area contributed by atoms with E-state index in [2.05, 4.69) is 161 Å². The van der Waals surface area contributed by atoms with Crippen molar-refractivity contribution < 1.29 is 12.4 Å². The molecule has 0 heterocycles. The highest BCUT2D eigenvalue weighted by Gasteiger charge is 2.49. The van der Waals surface area contributed by atoms with Crippen molar-refractivity contribution in [3.05, 3.63) is 145 Å². The first-order valence-electron chi connectivity index (χ1n) is 13.7. The first kappa shape index (κ1) is 31.0. The summed E-state index contributed by atoms with van der Waals surface area (Å²) >= 11 is 0. The number of benzene rings is 4. The molecule has 0 saturated carbocycles. The van der Waals surface area contributed by atoms with Crippen molar-refractivity contribution in [3.63, 3.8) is 0 Å². The Morgan fingerprint density at radius 2 is 0.667 bits per heavy atom. The lowest BCUT2D eigenvalue weighted by atomic mass is 10.3. The largest absolute Gasteiger partial charge is 1.00 e. The zero-order chi connectivity index (χ0) is 26.8. The Hall–Kier alpha value is -2.49. The Balaban J connectivity index is 0.00000420. The number of allylic oxidation sites excluding steroid dienone is 4. The summed E-state index contributed by atoms with van der Waals surface area (Å²) in [5.74, 6) is 0. The Labute approximate surface area is 244 Å². The molecule has 4 aromatic carbocycles. The molecule has 0 radical (unpaired) electrons. The summed E-state index contributed by atoms with van der Waals surface area (Å²) in [6, 6.07) is 45.6. The molecule has 0 saturated heterocycles. The third-order valence-corrected chi connectivity index (χ3v) is 16.6. The van der Waals surface area contributed by atoms with Gasteiger partial charge in [-0.15, -0.1) is 0 Å². The van der Waals surface area contributed by atoms with E-state index in [9.17, 15) is 0 Å². The van der Waals surface area contributed by atoms with E-state index < -0.39 is 14.5 Å². The normalized spacial score (nSPS) is 11.3. The van der Waals surface area contributed by atoms with Crippen LogP contribution < -0.4 is 33.6 Å². The maximum atomic E-state index is 2.50. The van der Waals surface area contributed by atoms with Crippen LogP contribution in [0.5, 0.6) is 0 Å². The predicted octanol–water partition coefficient (Wildman–Crippen LogP) is 5.26. The van der Waals surface area contributed by atoms with Crippen LogP contribution in [0.4, 0.5) is 0 Å². The highest BCUT2D eigenvalue weighted by atomic mass is 35.5. The van der Waals surface area contributed by atoms with Crippen molar-refractivity contribution in [2.75, 3.05) is 24.6 Å². The van der Waals surface area contributed by atoms with E-state index in [1.165, 1.54) is 44.7 Å².